The van der Waals surface area contributed by atoms with Crippen LogP contribution in [-0.4, -0.2) is 36.3 Å². The quantitative estimate of drug-likeness (QED) is 0.779. The van der Waals surface area contributed by atoms with Gasteiger partial charge in [0.2, 0.25) is 0 Å². The third kappa shape index (κ3) is 2.40. The summed E-state index contributed by atoms with van der Waals surface area (Å²) in [6.07, 6.45) is 2.40. The maximum Gasteiger partial charge on any atom is 0.300 e. The number of amides is 1. The van der Waals surface area contributed by atoms with E-state index in [0.29, 0.717) is 18.2 Å². The Morgan fingerprint density at radius 2 is 2.15 bits per heavy atom. The van der Waals surface area contributed by atoms with Crippen molar-refractivity contribution in [2.24, 2.45) is 5.92 Å². The fraction of sp³-hybridized carbons (Fsp3) is 0.467. The van der Waals surface area contributed by atoms with Crippen molar-refractivity contribution in [3.63, 3.8) is 0 Å². The summed E-state index contributed by atoms with van der Waals surface area (Å²) in [6.45, 7) is 4.73. The van der Waals surface area contributed by atoms with Crippen LogP contribution in [0.4, 0.5) is 5.69 Å². The monoisotopic (exact) mass is 336 g/mol. The predicted octanol–water partition coefficient (Wildman–Crippen LogP) is 2.67. The van der Waals surface area contributed by atoms with Crippen LogP contribution in [0.3, 0.4) is 0 Å². The van der Waals surface area contributed by atoms with Gasteiger partial charge in [-0.2, -0.15) is 0 Å². The number of hydrogen-bond donors (Lipinski definition) is 0. The zero-order valence-electron chi connectivity index (χ0n) is 11.4. The molecule has 0 aliphatic carbocycles. The van der Waals surface area contributed by atoms with Gasteiger partial charge in [0.1, 0.15) is 0 Å². The van der Waals surface area contributed by atoms with E-state index in [2.05, 4.69) is 27.8 Å². The second kappa shape index (κ2) is 5.30. The Morgan fingerprint density at radius 1 is 1.35 bits per heavy atom. The van der Waals surface area contributed by atoms with Crippen LogP contribution >= 0.6 is 15.9 Å². The first kappa shape index (κ1) is 13.8. The average molecular weight is 337 g/mol. The van der Waals surface area contributed by atoms with Crippen molar-refractivity contribution in [3.05, 3.63) is 28.2 Å². The highest BCUT2D eigenvalue weighted by Crippen LogP contribution is 2.31. The fourth-order valence-corrected chi connectivity index (χ4v) is 3.39. The molecule has 1 atom stereocenters. The van der Waals surface area contributed by atoms with Gasteiger partial charge in [-0.05, 0) is 43.5 Å². The molecular formula is C15H17BrN2O2. The molecule has 2 aliphatic heterocycles. The number of halogens is 1. The summed E-state index contributed by atoms with van der Waals surface area (Å²) in [5, 5.41) is 0. The Balaban J connectivity index is 1.84. The van der Waals surface area contributed by atoms with Crippen molar-refractivity contribution in [1.29, 1.82) is 0 Å². The summed E-state index contributed by atoms with van der Waals surface area (Å²) < 4.78 is 0.825. The minimum Gasteiger partial charge on any atom is -0.291 e. The zero-order valence-corrected chi connectivity index (χ0v) is 13.0. The van der Waals surface area contributed by atoms with Crippen molar-refractivity contribution in [1.82, 2.24) is 4.90 Å². The number of carbonyl (C=O) groups is 2. The zero-order chi connectivity index (χ0) is 14.3. The number of hydrogen-bond acceptors (Lipinski definition) is 3. The van der Waals surface area contributed by atoms with Crippen LogP contribution in [0, 0.1) is 5.92 Å². The molecule has 0 spiro atoms. The Kier molecular flexibility index (Phi) is 3.65. The van der Waals surface area contributed by atoms with Gasteiger partial charge in [0.15, 0.2) is 0 Å². The van der Waals surface area contributed by atoms with Crippen molar-refractivity contribution in [3.8, 4) is 0 Å². The summed E-state index contributed by atoms with van der Waals surface area (Å²) in [5.41, 5.74) is 1.25. The number of rotatable bonds is 2. The standard InChI is InChI=1S/C15H17BrN2O2/c1-10-3-2-6-17(8-10)9-18-13-5-4-11(16)7-12(13)14(19)15(18)20/h4-5,7,10H,2-3,6,8-9H2,1H3. The molecule has 1 fully saturated rings. The van der Waals surface area contributed by atoms with Crippen molar-refractivity contribution in [2.75, 3.05) is 24.7 Å². The van der Waals surface area contributed by atoms with Gasteiger partial charge in [0.25, 0.3) is 5.78 Å². The smallest absolute Gasteiger partial charge is 0.291 e. The van der Waals surface area contributed by atoms with Gasteiger partial charge in [-0.25, -0.2) is 0 Å². The summed E-state index contributed by atoms with van der Waals surface area (Å²) in [5.74, 6) is -0.149. The van der Waals surface area contributed by atoms with Crippen LogP contribution in [0.1, 0.15) is 30.1 Å². The Morgan fingerprint density at radius 3 is 2.90 bits per heavy atom. The highest BCUT2D eigenvalue weighted by molar-refractivity contribution is 9.10. The molecule has 2 heterocycles. The summed E-state index contributed by atoms with van der Waals surface area (Å²) in [4.78, 5) is 28.1. The van der Waals surface area contributed by atoms with Gasteiger partial charge in [0, 0.05) is 11.0 Å². The van der Waals surface area contributed by atoms with Crippen LogP contribution in [0.5, 0.6) is 0 Å². The molecule has 0 N–H and O–H groups in total. The molecule has 106 valence electrons. The minimum absolute atomic E-state index is 0.397. The minimum atomic E-state index is -0.406. The van der Waals surface area contributed by atoms with E-state index in [4.69, 9.17) is 0 Å². The molecule has 20 heavy (non-hydrogen) atoms. The van der Waals surface area contributed by atoms with E-state index in [9.17, 15) is 9.59 Å². The van der Waals surface area contributed by atoms with Crippen molar-refractivity contribution < 1.29 is 9.59 Å². The topological polar surface area (TPSA) is 40.6 Å². The first-order valence-corrected chi connectivity index (χ1v) is 7.73. The van der Waals surface area contributed by atoms with Gasteiger partial charge in [0.05, 0.1) is 17.9 Å². The van der Waals surface area contributed by atoms with E-state index >= 15 is 0 Å². The van der Waals surface area contributed by atoms with Crippen LogP contribution in [0.25, 0.3) is 0 Å². The third-order valence-corrected chi connectivity index (χ3v) is 4.51. The molecule has 4 nitrogen and oxygen atoms in total. The highest BCUT2D eigenvalue weighted by Gasteiger charge is 2.37. The molecule has 1 aromatic carbocycles. The van der Waals surface area contributed by atoms with Crippen molar-refractivity contribution in [2.45, 2.75) is 19.8 Å². The number of benzene rings is 1. The van der Waals surface area contributed by atoms with Gasteiger partial charge < -0.3 is 0 Å². The second-order valence-electron chi connectivity index (χ2n) is 5.69. The molecule has 5 heteroatoms. The molecular weight excluding hydrogens is 320 g/mol. The second-order valence-corrected chi connectivity index (χ2v) is 6.61. The number of carbonyl (C=O) groups excluding carboxylic acids is 2. The number of likely N-dealkylation sites (tertiary alicyclic amines) is 1. The summed E-state index contributed by atoms with van der Waals surface area (Å²) in [6, 6.07) is 5.44. The lowest BCUT2D eigenvalue weighted by Gasteiger charge is -2.33. The van der Waals surface area contributed by atoms with E-state index < -0.39 is 11.7 Å². The SMILES string of the molecule is CC1CCCN(CN2C(=O)C(=O)c3cc(Br)ccc32)C1. The first-order chi connectivity index (χ1) is 9.56. The fourth-order valence-electron chi connectivity index (χ4n) is 3.03. The molecule has 1 saturated heterocycles. The van der Waals surface area contributed by atoms with E-state index in [-0.39, 0.29) is 0 Å². The predicted molar refractivity (Wildman–Crippen MR) is 80.8 cm³/mol. The number of nitrogens with zero attached hydrogens (tertiary/aromatic N) is 2. The van der Waals surface area contributed by atoms with Gasteiger partial charge in [-0.15, -0.1) is 0 Å². The molecule has 0 radical (unpaired) electrons. The van der Waals surface area contributed by atoms with Crippen LogP contribution in [0.2, 0.25) is 0 Å². The van der Waals surface area contributed by atoms with E-state index in [1.54, 1.807) is 11.0 Å². The highest BCUT2D eigenvalue weighted by atomic mass is 79.9. The maximum atomic E-state index is 12.2. The summed E-state index contributed by atoms with van der Waals surface area (Å²) in [7, 11) is 0. The van der Waals surface area contributed by atoms with Gasteiger partial charge >= 0.3 is 5.91 Å². The number of anilines is 1. The molecule has 0 bridgehead atoms. The molecule has 0 aromatic heterocycles. The third-order valence-electron chi connectivity index (χ3n) is 4.02. The molecule has 1 unspecified atom stereocenters. The lowest BCUT2D eigenvalue weighted by atomic mass is 10.0. The number of fused-ring (bicyclic) bond motifs is 1. The molecule has 3 rings (SSSR count). The van der Waals surface area contributed by atoms with Crippen LogP contribution in [-0.2, 0) is 4.79 Å². The Labute approximate surface area is 126 Å². The van der Waals surface area contributed by atoms with Gasteiger partial charge in [-0.3, -0.25) is 19.4 Å². The first-order valence-electron chi connectivity index (χ1n) is 6.94. The number of ketones is 1. The largest absolute Gasteiger partial charge is 0.300 e. The normalized spacial score (nSPS) is 23.3. The Hall–Kier alpha value is -1.20. The van der Waals surface area contributed by atoms with Crippen LogP contribution < -0.4 is 4.90 Å². The lowest BCUT2D eigenvalue weighted by molar-refractivity contribution is -0.114. The summed E-state index contributed by atoms with van der Waals surface area (Å²) >= 11 is 3.35. The average Bonchev–Trinajstić information content (AvgIpc) is 2.64. The maximum absolute atomic E-state index is 12.2. The Bertz CT molecular complexity index is 573. The molecule has 2 aliphatic rings. The van der Waals surface area contributed by atoms with Crippen LogP contribution in [0.15, 0.2) is 22.7 Å². The molecule has 1 amide bonds. The van der Waals surface area contributed by atoms with E-state index in [1.807, 2.05) is 12.1 Å². The number of Topliss-reactive ketones (excluding diaryl/α,β-unsaturated/α-hetero) is 1. The molecule has 0 saturated carbocycles. The van der Waals surface area contributed by atoms with Crippen molar-refractivity contribution >= 4 is 33.3 Å². The van der Waals surface area contributed by atoms with E-state index in [0.717, 1.165) is 29.7 Å². The van der Waals surface area contributed by atoms with E-state index in [1.165, 1.54) is 6.42 Å². The number of piperidine rings is 1. The molecule has 1 aromatic rings. The lowest BCUT2D eigenvalue weighted by Crippen LogP contribution is -2.44. The van der Waals surface area contributed by atoms with Gasteiger partial charge in [-0.1, -0.05) is 22.9 Å².